The van der Waals surface area contributed by atoms with Gasteiger partial charge < -0.3 is 15.2 Å². The van der Waals surface area contributed by atoms with Crippen molar-refractivity contribution in [3.63, 3.8) is 0 Å². The van der Waals surface area contributed by atoms with E-state index in [9.17, 15) is 14.4 Å². The molecule has 7 nitrogen and oxygen atoms in total. The largest absolute Gasteiger partial charge is 0.465 e. The van der Waals surface area contributed by atoms with Gasteiger partial charge in [-0.3, -0.25) is 9.36 Å². The van der Waals surface area contributed by atoms with Crippen LogP contribution in [-0.4, -0.2) is 36.1 Å². The predicted octanol–water partition coefficient (Wildman–Crippen LogP) is 4.01. The third kappa shape index (κ3) is 4.82. The highest BCUT2D eigenvalue weighted by molar-refractivity contribution is 9.10. The van der Waals surface area contributed by atoms with Crippen LogP contribution in [0.5, 0.6) is 0 Å². The zero-order valence-corrected chi connectivity index (χ0v) is 22.7. The Morgan fingerprint density at radius 2 is 1.80 bits per heavy atom. The minimum atomic E-state index is -0.812. The van der Waals surface area contributed by atoms with Gasteiger partial charge >= 0.3 is 11.9 Å². The number of fused-ring (bicyclic) bond motifs is 1. The Balaban J connectivity index is 2.11. The van der Waals surface area contributed by atoms with Gasteiger partial charge in [0.05, 0.1) is 24.8 Å². The first kappa shape index (κ1) is 25.3. The number of nitrogens with two attached hydrogens (primary N) is 1. The van der Waals surface area contributed by atoms with E-state index in [1.807, 2.05) is 30.3 Å². The number of nitrogen functional groups attached to an aromatic ring is 1. The highest BCUT2D eigenvalue weighted by atomic mass is 79.9. The Morgan fingerprint density at radius 3 is 2.43 bits per heavy atom. The first-order valence-electron chi connectivity index (χ1n) is 10.5. The van der Waals surface area contributed by atoms with Crippen molar-refractivity contribution in [3.8, 4) is 0 Å². The molecule has 1 aliphatic heterocycles. The first-order valence-corrected chi connectivity index (χ1v) is 13.0. The summed E-state index contributed by atoms with van der Waals surface area (Å²) in [6.07, 6.45) is 1.73. The summed E-state index contributed by atoms with van der Waals surface area (Å²) in [7, 11) is 1.26. The minimum absolute atomic E-state index is 0.0451. The van der Waals surface area contributed by atoms with Crippen molar-refractivity contribution < 1.29 is 23.9 Å². The molecule has 0 radical (unpaired) electrons. The average molecular weight is 620 g/mol. The van der Waals surface area contributed by atoms with Crippen LogP contribution in [0.2, 0.25) is 0 Å². The van der Waals surface area contributed by atoms with Crippen LogP contribution in [0.1, 0.15) is 38.6 Å². The fourth-order valence-electron chi connectivity index (χ4n) is 3.82. The molecule has 0 fully saturated rings. The van der Waals surface area contributed by atoms with Gasteiger partial charge in [-0.25, -0.2) is 9.59 Å². The lowest BCUT2D eigenvalue weighted by molar-refractivity contribution is -0.133. The van der Waals surface area contributed by atoms with Crippen LogP contribution >= 0.6 is 43.6 Å². The summed E-state index contributed by atoms with van der Waals surface area (Å²) in [5, 5.41) is -0.244. The Kier molecular flexibility index (Phi) is 7.53. The molecule has 180 valence electrons. The molecule has 0 spiro atoms. The van der Waals surface area contributed by atoms with Crippen molar-refractivity contribution in [2.24, 2.45) is 0 Å². The van der Waals surface area contributed by atoms with E-state index in [0.717, 1.165) is 26.3 Å². The van der Waals surface area contributed by atoms with Crippen LogP contribution in [-0.2, 0) is 14.3 Å². The molecule has 3 aromatic rings. The van der Waals surface area contributed by atoms with E-state index in [-0.39, 0.29) is 28.2 Å². The van der Waals surface area contributed by atoms with Crippen LogP contribution in [0.15, 0.2) is 57.5 Å². The lowest BCUT2D eigenvalue weighted by Crippen LogP contribution is -2.42. The summed E-state index contributed by atoms with van der Waals surface area (Å²) < 4.78 is 13.1. The SMILES string of the molecule is CCOC(=O)c1c(N)/c(=C\c2cccc(Br)c2)c2n1C(=O)[C@@H](c1cccc(Br)c1)SC=2C(=O)OC. The molecule has 1 aliphatic rings. The number of halogens is 2. The molecule has 10 heteroatoms. The van der Waals surface area contributed by atoms with Crippen LogP contribution in [0.25, 0.3) is 11.0 Å². The topological polar surface area (TPSA) is 101 Å². The average Bonchev–Trinajstić information content (AvgIpc) is 3.11. The smallest absolute Gasteiger partial charge is 0.357 e. The molecule has 0 saturated heterocycles. The molecule has 4 rings (SSSR count). The second-order valence-corrected chi connectivity index (χ2v) is 10.4. The van der Waals surface area contributed by atoms with Crippen molar-refractivity contribution in [2.75, 3.05) is 19.5 Å². The zero-order valence-electron chi connectivity index (χ0n) is 18.7. The van der Waals surface area contributed by atoms with Crippen molar-refractivity contribution in [2.45, 2.75) is 12.2 Å². The van der Waals surface area contributed by atoms with E-state index >= 15 is 0 Å². The molecule has 2 aromatic carbocycles. The van der Waals surface area contributed by atoms with Crippen molar-refractivity contribution >= 4 is 78.1 Å². The van der Waals surface area contributed by atoms with Gasteiger partial charge in [-0.05, 0) is 48.4 Å². The first-order chi connectivity index (χ1) is 16.8. The zero-order chi connectivity index (χ0) is 25.3. The maximum Gasteiger partial charge on any atom is 0.357 e. The third-order valence-electron chi connectivity index (χ3n) is 5.29. The van der Waals surface area contributed by atoms with E-state index in [2.05, 4.69) is 31.9 Å². The van der Waals surface area contributed by atoms with Crippen LogP contribution in [0.3, 0.4) is 0 Å². The van der Waals surface area contributed by atoms with Crippen molar-refractivity contribution in [1.82, 2.24) is 4.57 Å². The molecule has 0 aliphatic carbocycles. The number of carbonyl (C=O) groups excluding carboxylic acids is 3. The predicted molar refractivity (Wildman–Crippen MR) is 142 cm³/mol. The summed E-state index contributed by atoms with van der Waals surface area (Å²) in [4.78, 5) is 40.0. The van der Waals surface area contributed by atoms with E-state index < -0.39 is 23.1 Å². The monoisotopic (exact) mass is 618 g/mol. The number of nitrogens with zero attached hydrogens (tertiary/aromatic N) is 1. The number of rotatable bonds is 5. The van der Waals surface area contributed by atoms with Crippen LogP contribution in [0.4, 0.5) is 5.69 Å². The van der Waals surface area contributed by atoms with Gasteiger partial charge in [0.25, 0.3) is 0 Å². The number of thioether (sulfide) groups is 1. The molecular formula is C25H20Br2N2O5S. The summed E-state index contributed by atoms with van der Waals surface area (Å²) in [5.74, 6) is -1.81. The molecule has 2 N–H and O–H groups in total. The fraction of sp³-hybridized carbons (Fsp3) is 0.160. The Bertz CT molecular complexity index is 1480. The Labute approximate surface area is 222 Å². The van der Waals surface area contributed by atoms with Gasteiger partial charge in [0.2, 0.25) is 5.91 Å². The number of hydrogen-bond donors (Lipinski definition) is 1. The van der Waals surface area contributed by atoms with Crippen LogP contribution in [0, 0.1) is 0 Å². The second-order valence-electron chi connectivity index (χ2n) is 7.49. The van der Waals surface area contributed by atoms with E-state index in [4.69, 9.17) is 15.2 Å². The highest BCUT2D eigenvalue weighted by Gasteiger charge is 2.38. The van der Waals surface area contributed by atoms with E-state index in [1.165, 1.54) is 11.7 Å². The highest BCUT2D eigenvalue weighted by Crippen LogP contribution is 2.40. The van der Waals surface area contributed by atoms with Gasteiger partial charge in [0, 0.05) is 14.2 Å². The maximum absolute atomic E-state index is 13.9. The van der Waals surface area contributed by atoms with Gasteiger partial charge in [0.1, 0.15) is 10.2 Å². The van der Waals surface area contributed by atoms with Gasteiger partial charge in [-0.15, -0.1) is 0 Å². The van der Waals surface area contributed by atoms with Crippen molar-refractivity contribution in [1.29, 1.82) is 0 Å². The van der Waals surface area contributed by atoms with E-state index in [0.29, 0.717) is 10.8 Å². The summed E-state index contributed by atoms with van der Waals surface area (Å²) in [6, 6.07) is 14.6. The Hall–Kier alpha value is -2.82. The molecule has 2 heterocycles. The summed E-state index contributed by atoms with van der Waals surface area (Å²) in [5.41, 5.74) is 7.81. The number of anilines is 1. The number of esters is 2. The quantitative estimate of drug-likeness (QED) is 0.431. The van der Waals surface area contributed by atoms with Crippen molar-refractivity contribution in [3.05, 3.63) is 84.9 Å². The van der Waals surface area contributed by atoms with Gasteiger partial charge in [0.15, 0.2) is 5.69 Å². The number of benzene rings is 2. The molecule has 1 atom stereocenters. The van der Waals surface area contributed by atoms with Crippen LogP contribution < -0.4 is 16.3 Å². The molecular weight excluding hydrogens is 600 g/mol. The molecule has 35 heavy (non-hydrogen) atoms. The maximum atomic E-state index is 13.9. The fourth-order valence-corrected chi connectivity index (χ4v) is 5.87. The molecule has 0 bridgehead atoms. The number of hydrogen-bond acceptors (Lipinski definition) is 7. The third-order valence-corrected chi connectivity index (χ3v) is 7.59. The number of methoxy groups -OCH3 is 1. The normalized spacial score (nSPS) is 15.7. The number of aromatic nitrogens is 1. The van der Waals surface area contributed by atoms with Gasteiger partial charge in [-0.1, -0.05) is 67.9 Å². The Morgan fingerprint density at radius 1 is 1.11 bits per heavy atom. The lowest BCUT2D eigenvalue weighted by Gasteiger charge is -2.23. The molecule has 0 unspecified atom stereocenters. The molecule has 1 aromatic heterocycles. The summed E-state index contributed by atoms with van der Waals surface area (Å²) >= 11 is 7.93. The lowest BCUT2D eigenvalue weighted by atomic mass is 10.1. The number of carbonyl (C=O) groups is 3. The minimum Gasteiger partial charge on any atom is -0.465 e. The molecule has 0 amide bonds. The standard InChI is InChI=1S/C25H20Br2N2O5S/c1-3-34-24(31)20-18(28)17(11-13-6-4-8-15(26)10-13)19-22(25(32)33-2)35-21(23(30)29(19)20)14-7-5-9-16(27)12-14/h4-12,21H,3,28H2,1-2H3/b17-11+/t21-/m1/s1. The second kappa shape index (κ2) is 10.4. The van der Waals surface area contributed by atoms with E-state index in [1.54, 1.807) is 31.2 Å². The number of ether oxygens (including phenoxy) is 2. The van der Waals surface area contributed by atoms with Gasteiger partial charge in [-0.2, -0.15) is 0 Å². The molecule has 0 saturated carbocycles. The summed E-state index contributed by atoms with van der Waals surface area (Å²) in [6.45, 7) is 1.76.